The predicted molar refractivity (Wildman–Crippen MR) is 81.8 cm³/mol. The predicted octanol–water partition coefficient (Wildman–Crippen LogP) is 1.39. The summed E-state index contributed by atoms with van der Waals surface area (Å²) in [5.74, 6) is 1.08. The molecule has 122 valence electrons. The number of rotatable bonds is 4. The Bertz CT molecular complexity index is 541. The van der Waals surface area contributed by atoms with Crippen LogP contribution >= 0.6 is 0 Å². The summed E-state index contributed by atoms with van der Waals surface area (Å²) in [7, 11) is 0. The topological polar surface area (TPSA) is 69.8 Å². The molecule has 3 rings (SSSR count). The summed E-state index contributed by atoms with van der Waals surface area (Å²) in [5.41, 5.74) is 1.53. The van der Waals surface area contributed by atoms with Crippen molar-refractivity contribution in [2.75, 3.05) is 26.2 Å². The number of hydrogen-bond donors (Lipinski definition) is 1. The van der Waals surface area contributed by atoms with Gasteiger partial charge in [-0.1, -0.05) is 5.16 Å². The lowest BCUT2D eigenvalue weighted by Gasteiger charge is -2.44. The molecule has 1 aromatic rings. The normalized spacial score (nSPS) is 26.5. The number of β-amino-alcohol motifs (C(OH)–C–C–N with tert-alkyl or cyclic N) is 1. The molecule has 2 heterocycles. The van der Waals surface area contributed by atoms with Crippen molar-refractivity contribution < 1.29 is 14.4 Å². The third kappa shape index (κ3) is 2.77. The van der Waals surface area contributed by atoms with Gasteiger partial charge in [0, 0.05) is 37.6 Å². The van der Waals surface area contributed by atoms with E-state index in [-0.39, 0.29) is 24.6 Å². The number of aryl methyl sites for hydroxylation is 1. The number of aromatic nitrogens is 1. The molecular formula is C16H25N3O3. The second-order valence-corrected chi connectivity index (χ2v) is 6.64. The summed E-state index contributed by atoms with van der Waals surface area (Å²) in [6.07, 6.45) is 2.20. The van der Waals surface area contributed by atoms with Gasteiger partial charge in [-0.25, -0.2) is 0 Å². The van der Waals surface area contributed by atoms with Crippen molar-refractivity contribution in [3.63, 3.8) is 0 Å². The summed E-state index contributed by atoms with van der Waals surface area (Å²) >= 11 is 0. The Balaban J connectivity index is 1.77. The minimum absolute atomic E-state index is 0.0444. The van der Waals surface area contributed by atoms with Crippen LogP contribution in [0.1, 0.15) is 54.4 Å². The van der Waals surface area contributed by atoms with Crippen LogP contribution in [0.4, 0.5) is 0 Å². The van der Waals surface area contributed by atoms with Crippen LogP contribution in [0.5, 0.6) is 0 Å². The van der Waals surface area contributed by atoms with Crippen molar-refractivity contribution >= 4 is 5.91 Å². The van der Waals surface area contributed by atoms with Crippen molar-refractivity contribution in [3.8, 4) is 0 Å². The summed E-state index contributed by atoms with van der Waals surface area (Å²) < 4.78 is 5.28. The highest BCUT2D eigenvalue weighted by Gasteiger charge is 2.37. The number of nitrogens with zero attached hydrogens (tertiary/aromatic N) is 3. The fraction of sp³-hybridized carbons (Fsp3) is 0.750. The van der Waals surface area contributed by atoms with Crippen LogP contribution in [0.15, 0.2) is 4.52 Å². The molecule has 1 aliphatic heterocycles. The lowest BCUT2D eigenvalue weighted by molar-refractivity contribution is 0.0235. The van der Waals surface area contributed by atoms with Gasteiger partial charge in [0.25, 0.3) is 5.91 Å². The van der Waals surface area contributed by atoms with Crippen LogP contribution in [-0.4, -0.2) is 64.3 Å². The Morgan fingerprint density at radius 2 is 1.95 bits per heavy atom. The second-order valence-electron chi connectivity index (χ2n) is 6.64. The molecule has 6 heteroatoms. The smallest absolute Gasteiger partial charge is 0.259 e. The molecule has 0 unspecified atom stereocenters. The zero-order valence-corrected chi connectivity index (χ0v) is 13.6. The fourth-order valence-corrected chi connectivity index (χ4v) is 3.52. The first-order valence-electron chi connectivity index (χ1n) is 8.15. The molecule has 1 aromatic heterocycles. The van der Waals surface area contributed by atoms with E-state index in [2.05, 4.69) is 23.9 Å². The maximum Gasteiger partial charge on any atom is 0.259 e. The number of piperazine rings is 1. The Labute approximate surface area is 131 Å². The van der Waals surface area contributed by atoms with Gasteiger partial charge in [0.05, 0.1) is 12.3 Å². The van der Waals surface area contributed by atoms with E-state index < -0.39 is 0 Å². The second kappa shape index (κ2) is 6.01. The molecular weight excluding hydrogens is 282 g/mol. The molecule has 6 nitrogen and oxygen atoms in total. The van der Waals surface area contributed by atoms with Crippen molar-refractivity contribution in [3.05, 3.63) is 17.0 Å². The van der Waals surface area contributed by atoms with E-state index in [4.69, 9.17) is 4.52 Å². The standard InChI is InChI=1S/C16H25N3O3/c1-10-8-18(9-11(2)19(10)6-7-20)16(21)14-12(3)22-17-15(14)13-4-5-13/h10-11,13,20H,4-9H2,1-3H3/t10-,11+. The molecule has 22 heavy (non-hydrogen) atoms. The number of aliphatic hydroxyl groups excluding tert-OH is 1. The molecule has 1 aliphatic carbocycles. The molecule has 2 aliphatic rings. The van der Waals surface area contributed by atoms with Gasteiger partial charge in [-0.3, -0.25) is 9.69 Å². The largest absolute Gasteiger partial charge is 0.395 e. The van der Waals surface area contributed by atoms with Crippen molar-refractivity contribution in [2.24, 2.45) is 0 Å². The number of amides is 1. The average Bonchev–Trinajstić information content (AvgIpc) is 3.25. The Kier molecular flexibility index (Phi) is 4.23. The van der Waals surface area contributed by atoms with E-state index in [0.29, 0.717) is 36.9 Å². The van der Waals surface area contributed by atoms with Crippen LogP contribution in [-0.2, 0) is 0 Å². The first-order valence-corrected chi connectivity index (χ1v) is 8.15. The maximum atomic E-state index is 12.9. The molecule has 2 atom stereocenters. The zero-order valence-electron chi connectivity index (χ0n) is 13.6. The van der Waals surface area contributed by atoms with Crippen molar-refractivity contribution in [1.82, 2.24) is 15.0 Å². The van der Waals surface area contributed by atoms with Gasteiger partial charge < -0.3 is 14.5 Å². The lowest BCUT2D eigenvalue weighted by Crippen LogP contribution is -2.58. The number of aliphatic hydroxyl groups is 1. The van der Waals surface area contributed by atoms with E-state index in [9.17, 15) is 9.90 Å². The highest BCUT2D eigenvalue weighted by molar-refractivity contribution is 5.96. The average molecular weight is 307 g/mol. The van der Waals surface area contributed by atoms with E-state index >= 15 is 0 Å². The van der Waals surface area contributed by atoms with Crippen molar-refractivity contribution in [2.45, 2.75) is 51.6 Å². The van der Waals surface area contributed by atoms with Gasteiger partial charge in [-0.2, -0.15) is 0 Å². The Morgan fingerprint density at radius 1 is 1.32 bits per heavy atom. The van der Waals surface area contributed by atoms with E-state index in [1.54, 1.807) is 0 Å². The SMILES string of the molecule is Cc1onc(C2CC2)c1C(=O)N1C[C@@H](C)N(CCO)[C@@H](C)C1. The quantitative estimate of drug-likeness (QED) is 0.910. The molecule has 1 saturated heterocycles. The molecule has 2 fully saturated rings. The van der Waals surface area contributed by atoms with Crippen molar-refractivity contribution in [1.29, 1.82) is 0 Å². The first-order chi connectivity index (χ1) is 10.5. The summed E-state index contributed by atoms with van der Waals surface area (Å²) in [4.78, 5) is 17.1. The van der Waals surface area contributed by atoms with Gasteiger partial charge in [0.15, 0.2) is 0 Å². The highest BCUT2D eigenvalue weighted by atomic mass is 16.5. The van der Waals surface area contributed by atoms with Gasteiger partial charge in [-0.05, 0) is 33.6 Å². The fourth-order valence-electron chi connectivity index (χ4n) is 3.52. The van der Waals surface area contributed by atoms with Crippen LogP contribution in [0.3, 0.4) is 0 Å². The summed E-state index contributed by atoms with van der Waals surface area (Å²) in [6.45, 7) is 8.20. The molecule has 1 saturated carbocycles. The molecule has 1 amide bonds. The highest BCUT2D eigenvalue weighted by Crippen LogP contribution is 2.42. The number of carbonyl (C=O) groups excluding carboxylic acids is 1. The monoisotopic (exact) mass is 307 g/mol. The van der Waals surface area contributed by atoms with Gasteiger partial charge >= 0.3 is 0 Å². The Hall–Kier alpha value is -1.40. The van der Waals surface area contributed by atoms with Gasteiger partial charge in [-0.15, -0.1) is 0 Å². The minimum atomic E-state index is 0.0444. The van der Waals surface area contributed by atoms with E-state index in [0.717, 1.165) is 18.5 Å². The van der Waals surface area contributed by atoms with E-state index in [1.165, 1.54) is 0 Å². The number of hydrogen-bond acceptors (Lipinski definition) is 5. The third-order valence-electron chi connectivity index (χ3n) is 4.81. The van der Waals surface area contributed by atoms with Crippen LogP contribution in [0.25, 0.3) is 0 Å². The third-order valence-corrected chi connectivity index (χ3v) is 4.81. The molecule has 1 N–H and O–H groups in total. The first kappa shape index (κ1) is 15.5. The summed E-state index contributed by atoms with van der Waals surface area (Å²) in [6, 6.07) is 0.480. The van der Waals surface area contributed by atoms with Crippen LogP contribution < -0.4 is 0 Å². The summed E-state index contributed by atoms with van der Waals surface area (Å²) in [5, 5.41) is 13.3. The molecule has 0 radical (unpaired) electrons. The molecule has 0 aromatic carbocycles. The number of carbonyl (C=O) groups is 1. The molecule has 0 bridgehead atoms. The van der Waals surface area contributed by atoms with E-state index in [1.807, 2.05) is 11.8 Å². The maximum absolute atomic E-state index is 12.9. The van der Waals surface area contributed by atoms with Gasteiger partial charge in [0.2, 0.25) is 0 Å². The lowest BCUT2D eigenvalue weighted by atomic mass is 10.0. The Morgan fingerprint density at radius 3 is 2.50 bits per heavy atom. The van der Waals surface area contributed by atoms with Crippen LogP contribution in [0, 0.1) is 6.92 Å². The minimum Gasteiger partial charge on any atom is -0.395 e. The van der Waals surface area contributed by atoms with Gasteiger partial charge in [0.1, 0.15) is 11.3 Å². The zero-order chi connectivity index (χ0) is 15.9. The van der Waals surface area contributed by atoms with Crippen LogP contribution in [0.2, 0.25) is 0 Å². The molecule has 0 spiro atoms.